The Labute approximate surface area is 203 Å². The predicted octanol–water partition coefficient (Wildman–Crippen LogP) is 4.31. The number of aromatic nitrogens is 1. The Morgan fingerprint density at radius 2 is 1.94 bits per heavy atom. The molecule has 1 fully saturated rings. The molecule has 2 aromatic carbocycles. The quantitative estimate of drug-likeness (QED) is 0.511. The summed E-state index contributed by atoms with van der Waals surface area (Å²) in [5.41, 5.74) is 2.32. The number of rotatable bonds is 6. The van der Waals surface area contributed by atoms with Crippen LogP contribution in [0, 0.1) is 6.92 Å². The molecule has 1 N–H and O–H groups in total. The zero-order valence-electron chi connectivity index (χ0n) is 18.1. The van der Waals surface area contributed by atoms with E-state index in [-0.39, 0.29) is 36.9 Å². The second-order valence-electron chi connectivity index (χ2n) is 7.50. The first-order chi connectivity index (χ1) is 16.5. The van der Waals surface area contributed by atoms with E-state index in [9.17, 15) is 14.4 Å². The van der Waals surface area contributed by atoms with E-state index in [1.54, 1.807) is 31.2 Å². The fourth-order valence-corrected chi connectivity index (χ4v) is 5.37. The summed E-state index contributed by atoms with van der Waals surface area (Å²) in [5, 5.41) is 3.19. The summed E-state index contributed by atoms with van der Waals surface area (Å²) in [6.45, 7) is 2.18. The summed E-state index contributed by atoms with van der Waals surface area (Å²) in [6, 6.07) is 15.0. The van der Waals surface area contributed by atoms with Crippen LogP contribution in [0.1, 0.15) is 20.9 Å². The van der Waals surface area contributed by atoms with Gasteiger partial charge >= 0.3 is 0 Å². The second kappa shape index (κ2) is 9.32. The fourth-order valence-electron chi connectivity index (χ4n) is 3.52. The van der Waals surface area contributed by atoms with Gasteiger partial charge in [0.2, 0.25) is 6.79 Å². The molecule has 5 rings (SSSR count). The van der Waals surface area contributed by atoms with Crippen LogP contribution in [-0.4, -0.2) is 46.8 Å². The van der Waals surface area contributed by atoms with Gasteiger partial charge in [0.1, 0.15) is 9.88 Å². The number of ether oxygens (including phenoxy) is 2. The van der Waals surface area contributed by atoms with Crippen molar-refractivity contribution in [3.05, 3.63) is 69.6 Å². The molecule has 0 radical (unpaired) electrons. The number of hydrogen-bond acceptors (Lipinski definition) is 8. The van der Waals surface area contributed by atoms with Crippen LogP contribution in [0.25, 0.3) is 16.6 Å². The fraction of sp³-hybridized carbons (Fsp3) is 0.167. The number of hydrogen-bond donors (Lipinski definition) is 1. The number of fused-ring (bicyclic) bond motifs is 1. The van der Waals surface area contributed by atoms with Gasteiger partial charge < -0.3 is 14.8 Å². The second-order valence-corrected chi connectivity index (χ2v) is 9.49. The van der Waals surface area contributed by atoms with Crippen LogP contribution in [0.5, 0.6) is 11.5 Å². The van der Waals surface area contributed by atoms with E-state index in [2.05, 4.69) is 10.3 Å². The van der Waals surface area contributed by atoms with Crippen LogP contribution in [0.15, 0.2) is 53.4 Å². The molecule has 0 saturated carbocycles. The molecule has 1 saturated heterocycles. The first-order valence-corrected chi connectivity index (χ1v) is 12.1. The maximum absolute atomic E-state index is 12.8. The third-order valence-electron chi connectivity index (χ3n) is 5.21. The average molecular weight is 494 g/mol. The average Bonchev–Trinajstić information content (AvgIpc) is 3.53. The largest absolute Gasteiger partial charge is 0.454 e. The standard InChI is InChI=1S/C24H19N3O5S2/c1-14-20(34-22(26-14)16-5-3-2-4-6-16)21(28)25-9-10-27-23(29)19(33-24(27)30)12-15-7-8-17-18(11-15)32-13-31-17/h2-8,11-12H,9-10,13H2,1H3,(H,25,28)/b19-12-. The van der Waals surface area contributed by atoms with Crippen LogP contribution >= 0.6 is 23.1 Å². The van der Waals surface area contributed by atoms with E-state index >= 15 is 0 Å². The van der Waals surface area contributed by atoms with Gasteiger partial charge in [0, 0.05) is 18.7 Å². The normalized spacial score (nSPS) is 15.9. The van der Waals surface area contributed by atoms with E-state index in [4.69, 9.17) is 9.47 Å². The number of imide groups is 1. The van der Waals surface area contributed by atoms with Gasteiger partial charge in [-0.05, 0) is 42.5 Å². The van der Waals surface area contributed by atoms with Gasteiger partial charge in [0.25, 0.3) is 17.1 Å². The Balaban J connectivity index is 1.20. The highest BCUT2D eigenvalue weighted by molar-refractivity contribution is 8.18. The molecule has 34 heavy (non-hydrogen) atoms. The number of aryl methyl sites for hydroxylation is 1. The number of nitrogens with one attached hydrogen (secondary N) is 1. The Bertz CT molecular complexity index is 1320. The number of thioether (sulfide) groups is 1. The van der Waals surface area contributed by atoms with Crippen LogP contribution in [-0.2, 0) is 4.79 Å². The smallest absolute Gasteiger partial charge is 0.293 e. The zero-order chi connectivity index (χ0) is 23.7. The van der Waals surface area contributed by atoms with Gasteiger partial charge in [0.15, 0.2) is 11.5 Å². The van der Waals surface area contributed by atoms with E-state index < -0.39 is 0 Å². The molecule has 0 atom stereocenters. The van der Waals surface area contributed by atoms with E-state index in [1.807, 2.05) is 30.3 Å². The lowest BCUT2D eigenvalue weighted by Crippen LogP contribution is -2.37. The minimum absolute atomic E-state index is 0.0816. The molecule has 0 bridgehead atoms. The van der Waals surface area contributed by atoms with Gasteiger partial charge in [-0.15, -0.1) is 11.3 Å². The topological polar surface area (TPSA) is 97.8 Å². The molecule has 2 aliphatic heterocycles. The van der Waals surface area contributed by atoms with Crippen molar-refractivity contribution in [1.29, 1.82) is 0 Å². The molecule has 3 heterocycles. The first-order valence-electron chi connectivity index (χ1n) is 10.5. The first kappa shape index (κ1) is 22.2. The van der Waals surface area contributed by atoms with Crippen LogP contribution < -0.4 is 14.8 Å². The molecule has 2 aliphatic rings. The number of amides is 3. The summed E-state index contributed by atoms with van der Waals surface area (Å²) >= 11 is 2.19. The van der Waals surface area contributed by atoms with Crippen LogP contribution in [0.4, 0.5) is 4.79 Å². The Morgan fingerprint density at radius 1 is 1.15 bits per heavy atom. The minimum atomic E-state index is -0.387. The predicted molar refractivity (Wildman–Crippen MR) is 130 cm³/mol. The molecule has 172 valence electrons. The molecule has 3 amide bonds. The summed E-state index contributed by atoms with van der Waals surface area (Å²) in [5.74, 6) is 0.583. The zero-order valence-corrected chi connectivity index (χ0v) is 19.7. The lowest BCUT2D eigenvalue weighted by atomic mass is 10.2. The number of benzene rings is 2. The summed E-state index contributed by atoms with van der Waals surface area (Å²) in [7, 11) is 0. The number of carbonyl (C=O) groups is 3. The molecule has 8 nitrogen and oxygen atoms in total. The highest BCUT2D eigenvalue weighted by Crippen LogP contribution is 2.36. The Kier molecular flexibility index (Phi) is 6.08. The molecule has 10 heteroatoms. The third-order valence-corrected chi connectivity index (χ3v) is 7.33. The van der Waals surface area contributed by atoms with Crippen molar-refractivity contribution in [3.8, 4) is 22.1 Å². The lowest BCUT2D eigenvalue weighted by Gasteiger charge is -2.12. The molecule has 1 aromatic heterocycles. The van der Waals surface area contributed by atoms with Crippen molar-refractivity contribution >= 4 is 46.2 Å². The Hall–Kier alpha value is -3.63. The van der Waals surface area contributed by atoms with Crippen molar-refractivity contribution in [2.45, 2.75) is 6.92 Å². The molecule has 3 aromatic rings. The molecule has 0 aliphatic carbocycles. The van der Waals surface area contributed by atoms with Gasteiger partial charge in [-0.1, -0.05) is 36.4 Å². The SMILES string of the molecule is Cc1nc(-c2ccccc2)sc1C(=O)NCCN1C(=O)S/C(=C\c2ccc3c(c2)OCO3)C1=O. The van der Waals surface area contributed by atoms with Gasteiger partial charge in [-0.3, -0.25) is 19.3 Å². The summed E-state index contributed by atoms with van der Waals surface area (Å²) in [4.78, 5) is 44.3. The number of carbonyl (C=O) groups excluding carboxylic acids is 3. The van der Waals surface area contributed by atoms with Crippen molar-refractivity contribution in [1.82, 2.24) is 15.2 Å². The van der Waals surface area contributed by atoms with E-state index in [0.29, 0.717) is 27.0 Å². The van der Waals surface area contributed by atoms with Crippen LogP contribution in [0.3, 0.4) is 0 Å². The van der Waals surface area contributed by atoms with Crippen LogP contribution in [0.2, 0.25) is 0 Å². The van der Waals surface area contributed by atoms with Crippen molar-refractivity contribution in [3.63, 3.8) is 0 Å². The molecular formula is C24H19N3O5S2. The minimum Gasteiger partial charge on any atom is -0.454 e. The maximum Gasteiger partial charge on any atom is 0.293 e. The Morgan fingerprint density at radius 3 is 2.76 bits per heavy atom. The van der Waals surface area contributed by atoms with Crippen molar-refractivity contribution in [2.75, 3.05) is 19.9 Å². The third kappa shape index (κ3) is 4.42. The van der Waals surface area contributed by atoms with Gasteiger partial charge in [0.05, 0.1) is 10.6 Å². The molecular weight excluding hydrogens is 474 g/mol. The maximum atomic E-state index is 12.8. The van der Waals surface area contributed by atoms with Crippen molar-refractivity contribution < 1.29 is 23.9 Å². The monoisotopic (exact) mass is 493 g/mol. The highest BCUT2D eigenvalue weighted by atomic mass is 32.2. The lowest BCUT2D eigenvalue weighted by molar-refractivity contribution is -0.122. The molecule has 0 unspecified atom stereocenters. The highest BCUT2D eigenvalue weighted by Gasteiger charge is 2.34. The van der Waals surface area contributed by atoms with E-state index in [0.717, 1.165) is 32.8 Å². The number of thiazole rings is 1. The molecule has 0 spiro atoms. The van der Waals surface area contributed by atoms with E-state index in [1.165, 1.54) is 11.3 Å². The van der Waals surface area contributed by atoms with Gasteiger partial charge in [-0.2, -0.15) is 0 Å². The summed E-state index contributed by atoms with van der Waals surface area (Å²) < 4.78 is 10.6. The van der Waals surface area contributed by atoms with Gasteiger partial charge in [-0.25, -0.2) is 4.98 Å². The summed E-state index contributed by atoms with van der Waals surface area (Å²) in [6.07, 6.45) is 1.65. The number of nitrogens with zero attached hydrogens (tertiary/aromatic N) is 2. The van der Waals surface area contributed by atoms with Crippen molar-refractivity contribution in [2.24, 2.45) is 0 Å².